The molecule has 0 radical (unpaired) electrons. The molecule has 1 aliphatic heterocycles. The van der Waals surface area contributed by atoms with Crippen molar-refractivity contribution >= 4 is 23.4 Å². The Morgan fingerprint density at radius 3 is 2.55 bits per heavy atom. The van der Waals surface area contributed by atoms with Crippen molar-refractivity contribution < 1.29 is 9.32 Å². The second-order valence-electron chi connectivity index (χ2n) is 7.44. The van der Waals surface area contributed by atoms with Crippen LogP contribution in [0, 0.1) is 6.92 Å². The lowest BCUT2D eigenvalue weighted by atomic mass is 10.2. The Morgan fingerprint density at radius 2 is 1.81 bits per heavy atom. The van der Waals surface area contributed by atoms with E-state index in [1.807, 2.05) is 30.3 Å². The fourth-order valence-electron chi connectivity index (χ4n) is 3.61. The molecule has 1 aliphatic rings. The van der Waals surface area contributed by atoms with Gasteiger partial charge in [-0.3, -0.25) is 9.69 Å². The van der Waals surface area contributed by atoms with Crippen LogP contribution in [0.1, 0.15) is 22.1 Å². The Hall–Kier alpha value is -2.84. The summed E-state index contributed by atoms with van der Waals surface area (Å²) in [6.45, 7) is 7.29. The normalized spacial score (nSPS) is 14.5. The third kappa shape index (κ3) is 5.86. The summed E-state index contributed by atoms with van der Waals surface area (Å²) < 4.78 is 5.16. The van der Waals surface area contributed by atoms with E-state index in [-0.39, 0.29) is 5.91 Å². The van der Waals surface area contributed by atoms with Crippen LogP contribution in [0.5, 0.6) is 0 Å². The zero-order chi connectivity index (χ0) is 21.5. The maximum Gasteiger partial charge on any atom is 0.252 e. The van der Waals surface area contributed by atoms with Crippen molar-refractivity contribution in [2.24, 2.45) is 0 Å². The third-order valence-corrected chi connectivity index (χ3v) is 6.32. The maximum absolute atomic E-state index is 12.8. The molecule has 1 fully saturated rings. The van der Waals surface area contributed by atoms with Gasteiger partial charge in [0.1, 0.15) is 0 Å². The first-order valence-electron chi connectivity index (χ1n) is 10.5. The van der Waals surface area contributed by atoms with Crippen LogP contribution in [0.4, 0.5) is 5.69 Å². The predicted molar refractivity (Wildman–Crippen MR) is 122 cm³/mol. The van der Waals surface area contributed by atoms with Crippen molar-refractivity contribution in [2.45, 2.75) is 17.6 Å². The number of amides is 1. The van der Waals surface area contributed by atoms with E-state index in [4.69, 9.17) is 4.52 Å². The van der Waals surface area contributed by atoms with Gasteiger partial charge in [-0.2, -0.15) is 4.98 Å². The quantitative estimate of drug-likeness (QED) is 0.542. The smallest absolute Gasteiger partial charge is 0.252 e. The highest BCUT2D eigenvalue weighted by molar-refractivity contribution is 7.98. The minimum Gasteiger partial charge on any atom is -0.369 e. The number of rotatable bonds is 8. The number of hydrogen-bond donors (Lipinski definition) is 1. The highest BCUT2D eigenvalue weighted by atomic mass is 32.2. The highest BCUT2D eigenvalue weighted by Crippen LogP contribution is 2.25. The van der Waals surface area contributed by atoms with E-state index >= 15 is 0 Å². The van der Waals surface area contributed by atoms with Crippen LogP contribution >= 0.6 is 11.8 Å². The van der Waals surface area contributed by atoms with Gasteiger partial charge in [0.05, 0.1) is 11.3 Å². The summed E-state index contributed by atoms with van der Waals surface area (Å²) in [6, 6.07) is 18.2. The maximum atomic E-state index is 12.8. The van der Waals surface area contributed by atoms with Gasteiger partial charge in [0.2, 0.25) is 5.89 Å². The number of nitrogens with zero attached hydrogens (tertiary/aromatic N) is 4. The van der Waals surface area contributed by atoms with Gasteiger partial charge in [-0.15, -0.1) is 11.8 Å². The van der Waals surface area contributed by atoms with Gasteiger partial charge in [-0.1, -0.05) is 35.5 Å². The summed E-state index contributed by atoms with van der Waals surface area (Å²) >= 11 is 1.53. The van der Waals surface area contributed by atoms with Crippen molar-refractivity contribution in [3.05, 3.63) is 71.9 Å². The number of para-hydroxylation sites is 1. The Kier molecular flexibility index (Phi) is 7.22. The molecule has 31 heavy (non-hydrogen) atoms. The summed E-state index contributed by atoms with van der Waals surface area (Å²) in [4.78, 5) is 22.7. The van der Waals surface area contributed by atoms with Gasteiger partial charge in [0.25, 0.3) is 5.91 Å². The molecule has 1 aromatic heterocycles. The number of piperazine rings is 1. The molecule has 0 bridgehead atoms. The van der Waals surface area contributed by atoms with Crippen LogP contribution in [0.3, 0.4) is 0 Å². The monoisotopic (exact) mass is 437 g/mol. The molecule has 1 N–H and O–H groups in total. The molecule has 4 rings (SSSR count). The standard InChI is InChI=1S/C23H27N5O2S/c1-18-25-22(30-26-18)17-31-21-10-6-5-9-20(21)23(29)24-11-12-27-13-15-28(16-14-27)19-7-3-2-4-8-19/h2-10H,11-17H2,1H3,(H,24,29). The molecule has 0 unspecified atom stereocenters. The Bertz CT molecular complexity index is 986. The first-order chi connectivity index (χ1) is 15.2. The van der Waals surface area contributed by atoms with Crippen molar-refractivity contribution in [3.8, 4) is 0 Å². The van der Waals surface area contributed by atoms with E-state index in [9.17, 15) is 4.79 Å². The number of aryl methyl sites for hydroxylation is 1. The lowest BCUT2D eigenvalue weighted by Crippen LogP contribution is -2.48. The van der Waals surface area contributed by atoms with E-state index in [1.165, 1.54) is 17.4 Å². The number of nitrogens with one attached hydrogen (secondary N) is 1. The van der Waals surface area contributed by atoms with Crippen molar-refractivity contribution in [2.75, 3.05) is 44.2 Å². The molecule has 162 valence electrons. The highest BCUT2D eigenvalue weighted by Gasteiger charge is 2.17. The molecule has 7 nitrogen and oxygen atoms in total. The summed E-state index contributed by atoms with van der Waals surface area (Å²) in [6.07, 6.45) is 0. The molecule has 1 amide bonds. The first kappa shape index (κ1) is 21.4. The molecule has 2 aromatic carbocycles. The molecule has 0 aliphatic carbocycles. The number of thioether (sulfide) groups is 1. The SMILES string of the molecule is Cc1noc(CSc2ccccc2C(=O)NCCN2CCN(c3ccccc3)CC2)n1. The van der Waals surface area contributed by atoms with Crippen LogP contribution < -0.4 is 10.2 Å². The minimum absolute atomic E-state index is 0.0484. The van der Waals surface area contributed by atoms with Crippen molar-refractivity contribution in [1.82, 2.24) is 20.4 Å². The molecule has 3 aromatic rings. The van der Waals surface area contributed by atoms with Crippen molar-refractivity contribution in [1.29, 1.82) is 0 Å². The van der Waals surface area contributed by atoms with E-state index in [1.54, 1.807) is 6.92 Å². The number of carbonyl (C=O) groups is 1. The lowest BCUT2D eigenvalue weighted by molar-refractivity contribution is 0.0945. The van der Waals surface area contributed by atoms with Gasteiger partial charge in [0.15, 0.2) is 5.82 Å². The predicted octanol–water partition coefficient (Wildman–Crippen LogP) is 3.22. The topological polar surface area (TPSA) is 74.5 Å². The molecule has 0 spiro atoms. The van der Waals surface area contributed by atoms with Gasteiger partial charge in [-0.05, 0) is 31.2 Å². The molecule has 1 saturated heterocycles. The van der Waals surface area contributed by atoms with Crippen molar-refractivity contribution in [3.63, 3.8) is 0 Å². The zero-order valence-electron chi connectivity index (χ0n) is 17.7. The Labute approximate surface area is 186 Å². The minimum atomic E-state index is -0.0484. The van der Waals surface area contributed by atoms with E-state index < -0.39 is 0 Å². The average Bonchev–Trinajstić information content (AvgIpc) is 3.24. The summed E-state index contributed by atoms with van der Waals surface area (Å²) in [5.74, 6) is 1.67. The molecule has 0 saturated carbocycles. The van der Waals surface area contributed by atoms with E-state index in [0.29, 0.717) is 29.6 Å². The van der Waals surface area contributed by atoms with Crippen LogP contribution in [0.2, 0.25) is 0 Å². The second-order valence-corrected chi connectivity index (χ2v) is 8.46. The fourth-order valence-corrected chi connectivity index (χ4v) is 4.50. The number of aromatic nitrogens is 2. The number of carbonyl (C=O) groups excluding carboxylic acids is 1. The van der Waals surface area contributed by atoms with Crippen LogP contribution in [0.15, 0.2) is 64.0 Å². The van der Waals surface area contributed by atoms with Crippen LogP contribution in [-0.4, -0.2) is 60.2 Å². The average molecular weight is 438 g/mol. The van der Waals surface area contributed by atoms with Crippen LogP contribution in [0.25, 0.3) is 0 Å². The largest absolute Gasteiger partial charge is 0.369 e. The van der Waals surface area contributed by atoms with Gasteiger partial charge in [0, 0.05) is 49.9 Å². The van der Waals surface area contributed by atoms with E-state index in [0.717, 1.165) is 37.6 Å². The zero-order valence-corrected chi connectivity index (χ0v) is 18.5. The Morgan fingerprint density at radius 1 is 1.06 bits per heavy atom. The third-order valence-electron chi connectivity index (χ3n) is 5.26. The summed E-state index contributed by atoms with van der Waals surface area (Å²) in [7, 11) is 0. The summed E-state index contributed by atoms with van der Waals surface area (Å²) in [5.41, 5.74) is 1.96. The Balaban J connectivity index is 1.23. The van der Waals surface area contributed by atoms with Gasteiger partial charge >= 0.3 is 0 Å². The van der Waals surface area contributed by atoms with Gasteiger partial charge in [-0.25, -0.2) is 0 Å². The molecule has 8 heteroatoms. The molecular weight excluding hydrogens is 410 g/mol. The van der Waals surface area contributed by atoms with E-state index in [2.05, 4.69) is 49.5 Å². The van der Waals surface area contributed by atoms with Crippen LogP contribution in [-0.2, 0) is 5.75 Å². The first-order valence-corrected chi connectivity index (χ1v) is 11.5. The second kappa shape index (κ2) is 10.5. The number of benzene rings is 2. The lowest BCUT2D eigenvalue weighted by Gasteiger charge is -2.36. The molecule has 0 atom stereocenters. The fraction of sp³-hybridized carbons (Fsp3) is 0.348. The number of hydrogen-bond acceptors (Lipinski definition) is 7. The van der Waals surface area contributed by atoms with Gasteiger partial charge < -0.3 is 14.7 Å². The summed E-state index contributed by atoms with van der Waals surface area (Å²) in [5, 5.41) is 6.88. The number of anilines is 1. The molecule has 2 heterocycles. The molecular formula is C23H27N5O2S.